The van der Waals surface area contributed by atoms with E-state index in [9.17, 15) is 9.59 Å². The maximum absolute atomic E-state index is 13.1. The second-order valence-electron chi connectivity index (χ2n) is 7.68. The second kappa shape index (κ2) is 8.82. The summed E-state index contributed by atoms with van der Waals surface area (Å²) in [5, 5.41) is 3.70. The van der Waals surface area contributed by atoms with Gasteiger partial charge in [-0.05, 0) is 38.3 Å². The quantitative estimate of drug-likeness (QED) is 0.423. The Labute approximate surface area is 174 Å². The van der Waals surface area contributed by atoms with E-state index in [-0.39, 0.29) is 11.7 Å². The van der Waals surface area contributed by atoms with Crippen LogP contribution in [0.2, 0.25) is 0 Å². The molecule has 2 N–H and O–H groups in total. The van der Waals surface area contributed by atoms with Crippen LogP contribution < -0.4 is 10.9 Å². The first-order valence-corrected chi connectivity index (χ1v) is 10.6. The lowest BCUT2D eigenvalue weighted by atomic mass is 9.83. The van der Waals surface area contributed by atoms with Crippen LogP contribution in [-0.2, 0) is 9.53 Å². The summed E-state index contributed by atoms with van der Waals surface area (Å²) in [6.45, 7) is 9.61. The van der Waals surface area contributed by atoms with Crippen LogP contribution >= 0.6 is 11.8 Å². The number of anilines is 1. The van der Waals surface area contributed by atoms with Crippen molar-refractivity contribution in [2.45, 2.75) is 51.8 Å². The van der Waals surface area contributed by atoms with Crippen molar-refractivity contribution < 1.29 is 9.53 Å². The molecule has 1 aliphatic rings. The molecule has 1 aliphatic heterocycles. The Bertz CT molecular complexity index is 983. The number of aromatic amines is 1. The van der Waals surface area contributed by atoms with E-state index >= 15 is 0 Å². The van der Waals surface area contributed by atoms with Gasteiger partial charge in [-0.2, -0.15) is 0 Å². The number of fused-ring (bicyclic) bond motifs is 1. The predicted octanol–water partition coefficient (Wildman–Crippen LogP) is 3.70. The molecule has 0 amide bonds. The minimum atomic E-state index is -0.605. The van der Waals surface area contributed by atoms with Gasteiger partial charge in [-0.1, -0.05) is 31.7 Å². The van der Waals surface area contributed by atoms with Crippen molar-refractivity contribution in [2.75, 3.05) is 11.1 Å². The Balaban J connectivity index is 2.13. The summed E-state index contributed by atoms with van der Waals surface area (Å²) < 4.78 is 5.46. The molecule has 0 aliphatic carbocycles. The van der Waals surface area contributed by atoms with Crippen molar-refractivity contribution in [1.82, 2.24) is 15.0 Å². The van der Waals surface area contributed by atoms with Gasteiger partial charge in [-0.15, -0.1) is 0 Å². The molecule has 2 aromatic heterocycles. The molecule has 0 saturated carbocycles. The lowest BCUT2D eigenvalue weighted by molar-refractivity contribution is -0.143. The van der Waals surface area contributed by atoms with E-state index in [4.69, 9.17) is 4.74 Å². The number of allylic oxidation sites excluding steroid dienone is 1. The number of ether oxygens (including phenoxy) is 1. The van der Waals surface area contributed by atoms with Crippen molar-refractivity contribution in [1.29, 1.82) is 0 Å². The molecular weight excluding hydrogens is 388 g/mol. The maximum Gasteiger partial charge on any atom is 0.337 e. The lowest BCUT2D eigenvalue weighted by Gasteiger charge is -2.29. The standard InChI is InChI=1S/C21H26N4O3S/c1-11(2)10-29-21-24-18-17(19(26)25-21)16(14-7-6-8-22-9-14)15(13(5)23-18)20(27)28-12(3)4/h6-9,11-12,16H,10H2,1-5H3,(H2,23,24,25,26). The third kappa shape index (κ3) is 4.70. The summed E-state index contributed by atoms with van der Waals surface area (Å²) in [7, 11) is 0. The number of H-pyrrole nitrogens is 1. The largest absolute Gasteiger partial charge is 0.460 e. The predicted molar refractivity (Wildman–Crippen MR) is 114 cm³/mol. The first kappa shape index (κ1) is 21.1. The van der Waals surface area contributed by atoms with Gasteiger partial charge in [0.05, 0.1) is 23.2 Å². The van der Waals surface area contributed by atoms with E-state index < -0.39 is 11.9 Å². The third-order valence-electron chi connectivity index (χ3n) is 4.35. The highest BCUT2D eigenvalue weighted by molar-refractivity contribution is 7.99. The average molecular weight is 415 g/mol. The van der Waals surface area contributed by atoms with E-state index in [1.807, 2.05) is 6.07 Å². The van der Waals surface area contributed by atoms with Crippen molar-refractivity contribution >= 4 is 23.5 Å². The molecule has 8 heteroatoms. The molecule has 0 aromatic carbocycles. The van der Waals surface area contributed by atoms with Crippen molar-refractivity contribution in [3.05, 3.63) is 57.3 Å². The van der Waals surface area contributed by atoms with Crippen LogP contribution in [0.4, 0.5) is 5.82 Å². The minimum Gasteiger partial charge on any atom is -0.460 e. The van der Waals surface area contributed by atoms with Gasteiger partial charge >= 0.3 is 5.97 Å². The fourth-order valence-electron chi connectivity index (χ4n) is 3.17. The number of carbonyl (C=O) groups excluding carboxylic acids is 1. The van der Waals surface area contributed by atoms with E-state index in [1.54, 1.807) is 39.2 Å². The van der Waals surface area contributed by atoms with Gasteiger partial charge in [0, 0.05) is 23.8 Å². The van der Waals surface area contributed by atoms with Gasteiger partial charge in [0.15, 0.2) is 5.16 Å². The van der Waals surface area contributed by atoms with Gasteiger partial charge in [0.1, 0.15) is 5.82 Å². The Kier molecular flexibility index (Phi) is 6.42. The number of pyridine rings is 1. The number of aromatic nitrogens is 3. The van der Waals surface area contributed by atoms with Crippen LogP contribution in [0.15, 0.2) is 45.7 Å². The molecule has 2 aromatic rings. The number of rotatable bonds is 6. The number of thioether (sulfide) groups is 1. The van der Waals surface area contributed by atoms with E-state index in [1.165, 1.54) is 11.8 Å². The van der Waals surface area contributed by atoms with Gasteiger partial charge in [0.25, 0.3) is 5.56 Å². The van der Waals surface area contributed by atoms with E-state index in [2.05, 4.69) is 34.1 Å². The highest BCUT2D eigenvalue weighted by Crippen LogP contribution is 2.40. The molecule has 1 atom stereocenters. The number of hydrogen-bond donors (Lipinski definition) is 2. The SMILES string of the molecule is CC1=C(C(=O)OC(C)C)C(c2cccnc2)c2c(nc(SCC(C)C)[nH]c2=O)N1. The Morgan fingerprint density at radius 3 is 2.69 bits per heavy atom. The molecule has 3 rings (SSSR count). The van der Waals surface area contributed by atoms with Gasteiger partial charge in [-0.25, -0.2) is 9.78 Å². The fraction of sp³-hybridized carbons (Fsp3) is 0.429. The highest BCUT2D eigenvalue weighted by atomic mass is 32.2. The van der Waals surface area contributed by atoms with E-state index in [0.717, 1.165) is 11.3 Å². The zero-order valence-electron chi connectivity index (χ0n) is 17.3. The lowest BCUT2D eigenvalue weighted by Crippen LogP contribution is -2.32. The number of nitrogens with one attached hydrogen (secondary N) is 2. The van der Waals surface area contributed by atoms with Crippen LogP contribution in [0.3, 0.4) is 0 Å². The van der Waals surface area contributed by atoms with Crippen LogP contribution in [0.25, 0.3) is 0 Å². The fourth-order valence-corrected chi connectivity index (χ4v) is 3.99. The summed E-state index contributed by atoms with van der Waals surface area (Å²) in [5.74, 6) is 0.715. The summed E-state index contributed by atoms with van der Waals surface area (Å²) in [6, 6.07) is 3.63. The van der Waals surface area contributed by atoms with E-state index in [0.29, 0.717) is 33.7 Å². The Hall–Kier alpha value is -2.61. The molecule has 0 spiro atoms. The van der Waals surface area contributed by atoms with Crippen molar-refractivity contribution in [3.63, 3.8) is 0 Å². The first-order chi connectivity index (χ1) is 13.8. The summed E-state index contributed by atoms with van der Waals surface area (Å²) in [5.41, 5.74) is 1.88. The third-order valence-corrected chi connectivity index (χ3v) is 5.65. The van der Waals surface area contributed by atoms with Crippen LogP contribution in [0, 0.1) is 5.92 Å². The Morgan fingerprint density at radius 2 is 2.07 bits per heavy atom. The van der Waals surface area contributed by atoms with Crippen LogP contribution in [-0.4, -0.2) is 32.8 Å². The first-order valence-electron chi connectivity index (χ1n) is 9.63. The zero-order valence-corrected chi connectivity index (χ0v) is 18.1. The van der Waals surface area contributed by atoms with Gasteiger partial charge in [-0.3, -0.25) is 9.78 Å². The highest BCUT2D eigenvalue weighted by Gasteiger charge is 2.36. The topological polar surface area (TPSA) is 97.0 Å². The van der Waals surface area contributed by atoms with Gasteiger partial charge in [0.2, 0.25) is 0 Å². The van der Waals surface area contributed by atoms with Crippen molar-refractivity contribution in [2.24, 2.45) is 5.92 Å². The average Bonchev–Trinajstić information content (AvgIpc) is 2.65. The molecule has 0 radical (unpaired) electrons. The molecule has 29 heavy (non-hydrogen) atoms. The molecule has 7 nitrogen and oxygen atoms in total. The molecule has 3 heterocycles. The van der Waals surface area contributed by atoms with Crippen molar-refractivity contribution in [3.8, 4) is 0 Å². The van der Waals surface area contributed by atoms with Crippen LogP contribution in [0.1, 0.15) is 51.7 Å². The smallest absolute Gasteiger partial charge is 0.337 e. The number of hydrogen-bond acceptors (Lipinski definition) is 7. The second-order valence-corrected chi connectivity index (χ2v) is 8.68. The summed E-state index contributed by atoms with van der Waals surface area (Å²) in [6.07, 6.45) is 3.05. The normalized spacial score (nSPS) is 16.0. The molecule has 0 fully saturated rings. The van der Waals surface area contributed by atoms with Crippen LogP contribution in [0.5, 0.6) is 0 Å². The summed E-state index contributed by atoms with van der Waals surface area (Å²) >= 11 is 1.50. The zero-order chi connectivity index (χ0) is 21.1. The Morgan fingerprint density at radius 1 is 1.31 bits per heavy atom. The molecule has 154 valence electrons. The monoisotopic (exact) mass is 414 g/mol. The minimum absolute atomic E-state index is 0.273. The molecule has 1 unspecified atom stereocenters. The number of esters is 1. The number of carbonyl (C=O) groups is 1. The molecule has 0 bridgehead atoms. The van der Waals surface area contributed by atoms with Gasteiger partial charge < -0.3 is 15.0 Å². The maximum atomic E-state index is 13.1. The molecule has 0 saturated heterocycles. The number of nitrogens with zero attached hydrogens (tertiary/aromatic N) is 2. The summed E-state index contributed by atoms with van der Waals surface area (Å²) in [4.78, 5) is 37.6. The molecular formula is C21H26N4O3S.